The lowest BCUT2D eigenvalue weighted by molar-refractivity contribution is -0.142. The molecule has 1 heterocycles. The Hall–Kier alpha value is -3.87. The molecule has 12 heteroatoms. The number of thioether (sulfide) groups is 1. The Labute approximate surface area is 255 Å². The molecule has 0 saturated heterocycles. The molecule has 0 aliphatic carbocycles. The minimum absolute atomic E-state index is 0.125. The van der Waals surface area contributed by atoms with E-state index < -0.39 is 47.9 Å². The molecule has 2 aromatic carbocycles. The lowest BCUT2D eigenvalue weighted by Crippen LogP contribution is -2.58. The molecule has 43 heavy (non-hydrogen) atoms. The summed E-state index contributed by atoms with van der Waals surface area (Å²) in [6, 6.07) is 12.6. The fourth-order valence-electron chi connectivity index (χ4n) is 4.74. The number of nitrogens with two attached hydrogens (primary N) is 2. The van der Waals surface area contributed by atoms with E-state index in [1.807, 2.05) is 60.9 Å². The van der Waals surface area contributed by atoms with Gasteiger partial charge in [0.05, 0.1) is 6.04 Å². The lowest BCUT2D eigenvalue weighted by Gasteiger charge is -2.25. The normalized spacial score (nSPS) is 13.9. The molecule has 3 amide bonds. The van der Waals surface area contributed by atoms with Crippen molar-refractivity contribution >= 4 is 46.4 Å². The first kappa shape index (κ1) is 33.6. The van der Waals surface area contributed by atoms with E-state index in [4.69, 9.17) is 11.5 Å². The van der Waals surface area contributed by atoms with Crippen molar-refractivity contribution in [2.24, 2.45) is 11.5 Å². The highest BCUT2D eigenvalue weighted by atomic mass is 32.2. The number of hydrogen-bond donors (Lipinski definition) is 7. The van der Waals surface area contributed by atoms with E-state index in [9.17, 15) is 24.3 Å². The van der Waals surface area contributed by atoms with Crippen molar-refractivity contribution in [2.75, 3.05) is 18.6 Å². The van der Waals surface area contributed by atoms with Crippen LogP contribution < -0.4 is 27.4 Å². The summed E-state index contributed by atoms with van der Waals surface area (Å²) in [7, 11) is 0. The third-order valence-corrected chi connectivity index (χ3v) is 7.82. The maximum Gasteiger partial charge on any atom is 0.326 e. The summed E-state index contributed by atoms with van der Waals surface area (Å²) >= 11 is 1.47. The zero-order valence-electron chi connectivity index (χ0n) is 24.4. The molecule has 0 bridgehead atoms. The van der Waals surface area contributed by atoms with Crippen molar-refractivity contribution in [2.45, 2.75) is 62.7 Å². The number of carbonyl (C=O) groups is 4. The van der Waals surface area contributed by atoms with E-state index >= 15 is 0 Å². The number of aliphatic carboxylic acids is 1. The minimum atomic E-state index is -1.15. The zero-order chi connectivity index (χ0) is 31.2. The standard InChI is InChI=1S/C31H42N6O5S/c1-43-16-14-25(31(41)42)35-29(39)26(17-20-9-3-2-4-10-20)37-30(40)27(36-28(38)23(33)12-7-8-15-32)18-21-19-34-24-13-6-5-11-22(21)24/h2-6,9-11,13,19,23,25-27,34H,7-8,12,14-18,32-33H2,1H3,(H,35,39)(H,36,38)(H,37,40)(H,41,42). The van der Waals surface area contributed by atoms with Gasteiger partial charge in [-0.3, -0.25) is 14.4 Å². The quantitative estimate of drug-likeness (QED) is 0.106. The van der Waals surface area contributed by atoms with E-state index in [2.05, 4.69) is 20.9 Å². The fourth-order valence-corrected chi connectivity index (χ4v) is 5.22. The van der Waals surface area contributed by atoms with E-state index in [0.717, 1.165) is 28.5 Å². The van der Waals surface area contributed by atoms with Gasteiger partial charge in [0.15, 0.2) is 0 Å². The van der Waals surface area contributed by atoms with Crippen molar-refractivity contribution in [3.05, 3.63) is 71.9 Å². The summed E-state index contributed by atoms with van der Waals surface area (Å²) in [5.41, 5.74) is 14.2. The number of rotatable bonds is 18. The van der Waals surface area contributed by atoms with Crippen LogP contribution >= 0.6 is 11.8 Å². The van der Waals surface area contributed by atoms with Crippen LogP contribution in [0.3, 0.4) is 0 Å². The number of para-hydroxylation sites is 1. The van der Waals surface area contributed by atoms with Gasteiger partial charge in [-0.15, -0.1) is 0 Å². The van der Waals surface area contributed by atoms with Crippen molar-refractivity contribution in [1.29, 1.82) is 0 Å². The number of carbonyl (C=O) groups excluding carboxylic acids is 3. The Kier molecular flexibility index (Phi) is 13.5. The van der Waals surface area contributed by atoms with Crippen molar-refractivity contribution in [3.63, 3.8) is 0 Å². The SMILES string of the molecule is CSCCC(NC(=O)C(Cc1ccccc1)NC(=O)C(Cc1c[nH]c2ccccc12)NC(=O)C(N)CCCCN)C(=O)O. The van der Waals surface area contributed by atoms with Crippen LogP contribution in [0, 0.1) is 0 Å². The number of amides is 3. The molecule has 4 unspecified atom stereocenters. The van der Waals surface area contributed by atoms with Crippen molar-refractivity contribution in [3.8, 4) is 0 Å². The third kappa shape index (κ3) is 10.4. The van der Waals surface area contributed by atoms with Crippen LogP contribution in [0.25, 0.3) is 10.9 Å². The van der Waals surface area contributed by atoms with E-state index in [0.29, 0.717) is 25.1 Å². The molecule has 0 saturated carbocycles. The van der Waals surface area contributed by atoms with Gasteiger partial charge >= 0.3 is 5.97 Å². The first-order chi connectivity index (χ1) is 20.7. The summed E-state index contributed by atoms with van der Waals surface area (Å²) < 4.78 is 0. The number of fused-ring (bicyclic) bond motifs is 1. The Morgan fingerprint density at radius 1 is 0.837 bits per heavy atom. The maximum absolute atomic E-state index is 13.8. The Balaban J connectivity index is 1.86. The third-order valence-electron chi connectivity index (χ3n) is 7.18. The number of carboxylic acids is 1. The molecule has 0 radical (unpaired) electrons. The van der Waals surface area contributed by atoms with Gasteiger partial charge in [-0.25, -0.2) is 4.79 Å². The molecule has 0 spiro atoms. The summed E-state index contributed by atoms with van der Waals surface area (Å²) in [4.78, 5) is 55.4. The van der Waals surface area contributed by atoms with Crippen LogP contribution in [-0.4, -0.2) is 76.5 Å². The van der Waals surface area contributed by atoms with Gasteiger partial charge in [-0.1, -0.05) is 55.0 Å². The van der Waals surface area contributed by atoms with Gasteiger partial charge in [0.2, 0.25) is 17.7 Å². The fraction of sp³-hybridized carbons (Fsp3) is 0.419. The van der Waals surface area contributed by atoms with Gasteiger partial charge in [-0.2, -0.15) is 11.8 Å². The number of hydrogen-bond acceptors (Lipinski definition) is 7. The van der Waals surface area contributed by atoms with Crippen LogP contribution in [0.2, 0.25) is 0 Å². The smallest absolute Gasteiger partial charge is 0.326 e. The molecule has 9 N–H and O–H groups in total. The number of unbranched alkanes of at least 4 members (excludes halogenated alkanes) is 1. The number of carboxylic acid groups (broad SMARTS) is 1. The molecular weight excluding hydrogens is 568 g/mol. The second-order valence-corrected chi connectivity index (χ2v) is 11.4. The molecule has 3 rings (SSSR count). The molecule has 3 aromatic rings. The highest BCUT2D eigenvalue weighted by molar-refractivity contribution is 7.98. The van der Waals surface area contributed by atoms with Gasteiger partial charge in [-0.05, 0) is 55.0 Å². The highest BCUT2D eigenvalue weighted by Crippen LogP contribution is 2.19. The lowest BCUT2D eigenvalue weighted by atomic mass is 10.0. The molecule has 0 fully saturated rings. The molecule has 0 aliphatic rings. The van der Waals surface area contributed by atoms with Crippen LogP contribution in [0.15, 0.2) is 60.8 Å². The van der Waals surface area contributed by atoms with Crippen LogP contribution in [-0.2, 0) is 32.0 Å². The van der Waals surface area contributed by atoms with Gasteiger partial charge < -0.3 is 37.5 Å². The molecule has 1 aromatic heterocycles. The highest BCUT2D eigenvalue weighted by Gasteiger charge is 2.31. The number of H-pyrrole nitrogens is 1. The average Bonchev–Trinajstić information content (AvgIpc) is 3.41. The van der Waals surface area contributed by atoms with Gasteiger partial charge in [0.1, 0.15) is 18.1 Å². The van der Waals surface area contributed by atoms with E-state index in [1.165, 1.54) is 11.8 Å². The van der Waals surface area contributed by atoms with Crippen molar-refractivity contribution in [1.82, 2.24) is 20.9 Å². The second kappa shape index (κ2) is 17.3. The maximum atomic E-state index is 13.8. The summed E-state index contributed by atoms with van der Waals surface area (Å²) in [6.45, 7) is 0.491. The molecule has 0 aliphatic heterocycles. The summed E-state index contributed by atoms with van der Waals surface area (Å²) in [5.74, 6) is -2.30. The topological polar surface area (TPSA) is 192 Å². The van der Waals surface area contributed by atoms with Gasteiger partial charge in [0.25, 0.3) is 0 Å². The van der Waals surface area contributed by atoms with Crippen LogP contribution in [0.4, 0.5) is 0 Å². The number of nitrogens with one attached hydrogen (secondary N) is 4. The van der Waals surface area contributed by atoms with Crippen LogP contribution in [0.1, 0.15) is 36.8 Å². The van der Waals surface area contributed by atoms with Crippen LogP contribution in [0.5, 0.6) is 0 Å². The Bertz CT molecular complexity index is 1350. The van der Waals surface area contributed by atoms with E-state index in [-0.39, 0.29) is 19.3 Å². The predicted molar refractivity (Wildman–Crippen MR) is 169 cm³/mol. The molecular formula is C31H42N6O5S. The number of aromatic nitrogens is 1. The first-order valence-electron chi connectivity index (χ1n) is 14.4. The summed E-state index contributed by atoms with van der Waals surface area (Å²) in [6.07, 6.45) is 5.95. The number of benzene rings is 2. The minimum Gasteiger partial charge on any atom is -0.480 e. The largest absolute Gasteiger partial charge is 0.480 e. The average molecular weight is 611 g/mol. The summed E-state index contributed by atoms with van der Waals surface area (Å²) in [5, 5.41) is 18.7. The molecule has 11 nitrogen and oxygen atoms in total. The monoisotopic (exact) mass is 610 g/mol. The Morgan fingerprint density at radius 3 is 2.14 bits per heavy atom. The van der Waals surface area contributed by atoms with E-state index in [1.54, 1.807) is 6.20 Å². The second-order valence-electron chi connectivity index (χ2n) is 10.4. The molecule has 232 valence electrons. The number of aromatic amines is 1. The van der Waals surface area contributed by atoms with Gasteiger partial charge in [0, 0.05) is 29.9 Å². The first-order valence-corrected chi connectivity index (χ1v) is 15.8. The zero-order valence-corrected chi connectivity index (χ0v) is 25.2. The molecule has 4 atom stereocenters. The predicted octanol–water partition coefficient (Wildman–Crippen LogP) is 1.70. The Morgan fingerprint density at radius 2 is 1.47 bits per heavy atom. The van der Waals surface area contributed by atoms with Crippen molar-refractivity contribution < 1.29 is 24.3 Å².